The molecule has 100 valence electrons. The van der Waals surface area contributed by atoms with Gasteiger partial charge in [-0.15, -0.1) is 0 Å². The van der Waals surface area contributed by atoms with Crippen molar-refractivity contribution in [1.29, 1.82) is 0 Å². The van der Waals surface area contributed by atoms with Crippen molar-refractivity contribution in [3.8, 4) is 0 Å². The number of nitrogens with zero attached hydrogens (tertiary/aromatic N) is 2. The third-order valence-electron chi connectivity index (χ3n) is 3.16. The van der Waals surface area contributed by atoms with E-state index in [-0.39, 0.29) is 0 Å². The average molecular weight is 248 g/mol. The van der Waals surface area contributed by atoms with Crippen molar-refractivity contribution in [1.82, 2.24) is 4.90 Å². The van der Waals surface area contributed by atoms with Crippen molar-refractivity contribution >= 4 is 11.6 Å². The van der Waals surface area contributed by atoms with E-state index in [0.29, 0.717) is 0 Å². The maximum atomic E-state index is 5.41. The van der Waals surface area contributed by atoms with Crippen LogP contribution in [0.4, 0.5) is 5.69 Å². The van der Waals surface area contributed by atoms with E-state index < -0.39 is 0 Å². The minimum Gasteiger partial charge on any atom is -0.483 e. The molecule has 1 aromatic carbocycles. The molecule has 3 nitrogen and oxygen atoms in total. The summed E-state index contributed by atoms with van der Waals surface area (Å²) in [6, 6.07) is 6.22. The van der Waals surface area contributed by atoms with Gasteiger partial charge in [-0.05, 0) is 38.1 Å². The van der Waals surface area contributed by atoms with Gasteiger partial charge in [0, 0.05) is 0 Å². The Balaban J connectivity index is 2.97. The molecular weight excluding hydrogens is 224 g/mol. The number of aliphatic imine (C=N–C) groups is 1. The molecule has 1 rings (SSSR count). The van der Waals surface area contributed by atoms with Crippen LogP contribution in [0.2, 0.25) is 0 Å². The van der Waals surface area contributed by atoms with Gasteiger partial charge < -0.3 is 4.74 Å². The highest BCUT2D eigenvalue weighted by atomic mass is 16.5. The molecule has 0 saturated carbocycles. The van der Waals surface area contributed by atoms with Crippen LogP contribution < -0.4 is 0 Å². The van der Waals surface area contributed by atoms with E-state index in [0.717, 1.165) is 31.2 Å². The first-order valence-electron chi connectivity index (χ1n) is 6.52. The van der Waals surface area contributed by atoms with Crippen molar-refractivity contribution in [3.63, 3.8) is 0 Å². The van der Waals surface area contributed by atoms with Gasteiger partial charge in [0.25, 0.3) is 0 Å². The highest BCUT2D eigenvalue weighted by Crippen LogP contribution is 2.23. The third-order valence-corrected chi connectivity index (χ3v) is 3.16. The van der Waals surface area contributed by atoms with E-state index >= 15 is 0 Å². The van der Waals surface area contributed by atoms with E-state index in [9.17, 15) is 0 Å². The van der Waals surface area contributed by atoms with Gasteiger partial charge in [0.15, 0.2) is 0 Å². The van der Waals surface area contributed by atoms with E-state index in [2.05, 4.69) is 55.8 Å². The fourth-order valence-electron chi connectivity index (χ4n) is 1.89. The first-order valence-corrected chi connectivity index (χ1v) is 6.52. The highest BCUT2D eigenvalue weighted by Gasteiger charge is 2.08. The molecular formula is C15H24N2O. The molecule has 0 unspecified atom stereocenters. The van der Waals surface area contributed by atoms with Crippen LogP contribution in [0.25, 0.3) is 0 Å². The fraction of sp³-hybridized carbons (Fsp3) is 0.533. The quantitative estimate of drug-likeness (QED) is 0.590. The minimum absolute atomic E-state index is 0.761. The summed E-state index contributed by atoms with van der Waals surface area (Å²) in [7, 11) is 1.69. The number of benzene rings is 1. The van der Waals surface area contributed by atoms with Crippen LogP contribution in [0, 0.1) is 13.8 Å². The van der Waals surface area contributed by atoms with Crippen molar-refractivity contribution < 1.29 is 4.74 Å². The smallest absolute Gasteiger partial charge is 0.202 e. The standard InChI is InChI=1S/C15H24N2O/c1-6-17(7-2)11-14(18-5)16-15-12(3)9-8-10-13(15)4/h8-10H,6-7,11H2,1-5H3. The Kier molecular flexibility index (Phi) is 5.86. The van der Waals surface area contributed by atoms with Crippen molar-refractivity contribution in [2.45, 2.75) is 27.7 Å². The van der Waals surface area contributed by atoms with Crippen LogP contribution in [0.1, 0.15) is 25.0 Å². The lowest BCUT2D eigenvalue weighted by molar-refractivity contribution is 0.304. The molecule has 0 aliphatic rings. The molecule has 0 N–H and O–H groups in total. The zero-order valence-corrected chi connectivity index (χ0v) is 12.2. The zero-order valence-electron chi connectivity index (χ0n) is 12.2. The van der Waals surface area contributed by atoms with Crippen LogP contribution in [0.15, 0.2) is 23.2 Å². The van der Waals surface area contributed by atoms with Gasteiger partial charge in [0.05, 0.1) is 19.3 Å². The maximum Gasteiger partial charge on any atom is 0.202 e. The van der Waals surface area contributed by atoms with Crippen LogP contribution in [-0.4, -0.2) is 37.5 Å². The SMILES string of the molecule is CCN(CC)CC(=Nc1c(C)cccc1C)OC. The summed E-state index contributed by atoms with van der Waals surface area (Å²) in [6.45, 7) is 11.2. The second kappa shape index (κ2) is 7.17. The minimum atomic E-state index is 0.761. The maximum absolute atomic E-state index is 5.41. The normalized spacial score (nSPS) is 12.0. The number of hydrogen-bond donors (Lipinski definition) is 0. The van der Waals surface area contributed by atoms with Gasteiger partial charge in [-0.3, -0.25) is 4.90 Å². The molecule has 0 heterocycles. The van der Waals surface area contributed by atoms with Gasteiger partial charge >= 0.3 is 0 Å². The van der Waals surface area contributed by atoms with Crippen molar-refractivity contribution in [2.75, 3.05) is 26.7 Å². The van der Waals surface area contributed by atoms with Crippen molar-refractivity contribution in [2.24, 2.45) is 4.99 Å². The summed E-state index contributed by atoms with van der Waals surface area (Å²) in [4.78, 5) is 6.95. The summed E-state index contributed by atoms with van der Waals surface area (Å²) in [6.07, 6.45) is 0. The molecule has 18 heavy (non-hydrogen) atoms. The van der Waals surface area contributed by atoms with Gasteiger partial charge in [-0.25, -0.2) is 4.99 Å². The first-order chi connectivity index (χ1) is 8.62. The molecule has 0 radical (unpaired) electrons. The molecule has 0 saturated heterocycles. The lowest BCUT2D eigenvalue weighted by Crippen LogP contribution is -2.30. The van der Waals surface area contributed by atoms with Crippen LogP contribution in [0.3, 0.4) is 0 Å². The average Bonchev–Trinajstić information content (AvgIpc) is 2.38. The number of likely N-dealkylation sites (N-methyl/N-ethyl adjacent to an activating group) is 1. The third kappa shape index (κ3) is 3.84. The number of rotatable bonds is 5. The molecule has 0 amide bonds. The van der Waals surface area contributed by atoms with E-state index in [1.54, 1.807) is 7.11 Å². The lowest BCUT2D eigenvalue weighted by atomic mass is 10.1. The predicted octanol–water partition coefficient (Wildman–Crippen LogP) is 3.32. The van der Waals surface area contributed by atoms with Gasteiger partial charge in [0.1, 0.15) is 0 Å². The Bertz CT molecular complexity index is 389. The summed E-state index contributed by atoms with van der Waals surface area (Å²) in [5.41, 5.74) is 3.40. The molecule has 0 fully saturated rings. The number of aryl methyl sites for hydroxylation is 2. The number of hydrogen-bond acceptors (Lipinski definition) is 3. The molecule has 0 aliphatic carbocycles. The van der Waals surface area contributed by atoms with Crippen molar-refractivity contribution in [3.05, 3.63) is 29.3 Å². The van der Waals surface area contributed by atoms with Crippen LogP contribution in [-0.2, 0) is 4.74 Å². The number of para-hydroxylation sites is 1. The van der Waals surface area contributed by atoms with E-state index in [4.69, 9.17) is 4.74 Å². The second-order valence-electron chi connectivity index (χ2n) is 4.41. The molecule has 3 heteroatoms. The molecule has 0 bridgehead atoms. The molecule has 0 atom stereocenters. The monoisotopic (exact) mass is 248 g/mol. The van der Waals surface area contributed by atoms with Gasteiger partial charge in [-0.2, -0.15) is 0 Å². The first kappa shape index (κ1) is 14.7. The zero-order chi connectivity index (χ0) is 13.5. The Morgan fingerprint density at radius 2 is 1.72 bits per heavy atom. The molecule has 1 aromatic rings. The second-order valence-corrected chi connectivity index (χ2v) is 4.41. The summed E-state index contributed by atoms with van der Waals surface area (Å²) in [5, 5.41) is 0. The molecule has 0 spiro atoms. The number of ether oxygens (including phenoxy) is 1. The van der Waals surface area contributed by atoms with Crippen LogP contribution in [0.5, 0.6) is 0 Å². The summed E-state index contributed by atoms with van der Waals surface area (Å²) >= 11 is 0. The Morgan fingerprint density at radius 1 is 1.17 bits per heavy atom. The Hall–Kier alpha value is -1.35. The largest absolute Gasteiger partial charge is 0.483 e. The Labute approximate surface area is 110 Å². The molecule has 0 aliphatic heterocycles. The lowest BCUT2D eigenvalue weighted by Gasteiger charge is -2.18. The van der Waals surface area contributed by atoms with E-state index in [1.165, 1.54) is 11.1 Å². The fourth-order valence-corrected chi connectivity index (χ4v) is 1.89. The molecule has 0 aromatic heterocycles. The summed E-state index contributed by atoms with van der Waals surface area (Å²) < 4.78 is 5.41. The number of methoxy groups -OCH3 is 1. The van der Waals surface area contributed by atoms with E-state index in [1.807, 2.05) is 0 Å². The van der Waals surface area contributed by atoms with Crippen LogP contribution >= 0.6 is 0 Å². The van der Waals surface area contributed by atoms with Gasteiger partial charge in [0.2, 0.25) is 5.90 Å². The van der Waals surface area contributed by atoms with Gasteiger partial charge in [-0.1, -0.05) is 32.0 Å². The predicted molar refractivity (Wildman–Crippen MR) is 77.8 cm³/mol. The topological polar surface area (TPSA) is 24.8 Å². The Morgan fingerprint density at radius 3 is 2.17 bits per heavy atom. The summed E-state index contributed by atoms with van der Waals surface area (Å²) in [5.74, 6) is 0.774. The highest BCUT2D eigenvalue weighted by molar-refractivity contribution is 5.82.